The summed E-state index contributed by atoms with van der Waals surface area (Å²) in [6, 6.07) is 0. The second-order valence-corrected chi connectivity index (χ2v) is 4.64. The van der Waals surface area contributed by atoms with Crippen molar-refractivity contribution in [3.63, 3.8) is 0 Å². The number of hydrogen-bond donors (Lipinski definition) is 0. The molecule has 2 saturated carbocycles. The minimum Gasteiger partial charge on any atom is -0.550 e. The van der Waals surface area contributed by atoms with Crippen molar-refractivity contribution in [2.45, 2.75) is 26.2 Å². The molecule has 0 aromatic carbocycles. The third kappa shape index (κ3) is 0.938. The van der Waals surface area contributed by atoms with Gasteiger partial charge in [-0.2, -0.15) is 0 Å². The van der Waals surface area contributed by atoms with Crippen LogP contribution in [0.5, 0.6) is 0 Å². The summed E-state index contributed by atoms with van der Waals surface area (Å²) in [6.07, 6.45) is 2.31. The van der Waals surface area contributed by atoms with Gasteiger partial charge in [0.2, 0.25) is 0 Å². The fourth-order valence-electron chi connectivity index (χ4n) is 3.34. The molecule has 0 aromatic heterocycles. The maximum absolute atomic E-state index is 11.0. The van der Waals surface area contributed by atoms with Gasteiger partial charge in [-0.25, -0.2) is 0 Å². The third-order valence-electron chi connectivity index (χ3n) is 4.13. The minimum absolute atomic E-state index is 0.0205. The molecule has 0 aromatic rings. The Hall–Kier alpha value is -1.06. The van der Waals surface area contributed by atoms with Crippen molar-refractivity contribution in [3.8, 4) is 0 Å². The average molecular weight is 196 g/mol. The van der Waals surface area contributed by atoms with Crippen molar-refractivity contribution >= 4 is 11.9 Å². The lowest BCUT2D eigenvalue weighted by molar-refractivity contribution is -0.337. The molecule has 14 heavy (non-hydrogen) atoms. The van der Waals surface area contributed by atoms with E-state index in [1.807, 2.05) is 0 Å². The van der Waals surface area contributed by atoms with Crippen LogP contribution < -0.4 is 10.2 Å². The van der Waals surface area contributed by atoms with Gasteiger partial charge in [0.25, 0.3) is 0 Å². The molecule has 4 heteroatoms. The first kappa shape index (κ1) is 9.49. The number of carboxylic acid groups (broad SMARTS) is 2. The summed E-state index contributed by atoms with van der Waals surface area (Å²) < 4.78 is 0. The number of carbonyl (C=O) groups is 2. The maximum Gasteiger partial charge on any atom is 0.0482 e. The largest absolute Gasteiger partial charge is 0.550 e. The highest BCUT2D eigenvalue weighted by Gasteiger charge is 2.56. The highest BCUT2D eigenvalue weighted by molar-refractivity contribution is 5.82. The summed E-state index contributed by atoms with van der Waals surface area (Å²) >= 11 is 0. The molecule has 0 heterocycles. The molecular weight excluding hydrogens is 184 g/mol. The Morgan fingerprint density at radius 3 is 2.36 bits per heavy atom. The van der Waals surface area contributed by atoms with Crippen LogP contribution in [0.2, 0.25) is 0 Å². The van der Waals surface area contributed by atoms with Crippen molar-refractivity contribution in [2.24, 2.45) is 23.2 Å². The van der Waals surface area contributed by atoms with Crippen LogP contribution in [0, 0.1) is 23.2 Å². The van der Waals surface area contributed by atoms with E-state index in [0.717, 1.165) is 12.8 Å². The maximum atomic E-state index is 11.0. The second kappa shape index (κ2) is 2.72. The van der Waals surface area contributed by atoms with Crippen LogP contribution in [0.25, 0.3) is 0 Å². The molecule has 0 N–H and O–H groups in total. The first-order chi connectivity index (χ1) is 6.48. The lowest BCUT2D eigenvalue weighted by atomic mass is 9.67. The average Bonchev–Trinajstić information content (AvgIpc) is 2.61. The van der Waals surface area contributed by atoms with Crippen LogP contribution in [0.4, 0.5) is 0 Å². The molecule has 0 unspecified atom stereocenters. The zero-order valence-corrected chi connectivity index (χ0v) is 7.99. The molecule has 0 amide bonds. The molecule has 0 radical (unpaired) electrons. The highest BCUT2D eigenvalue weighted by Crippen LogP contribution is 2.59. The van der Waals surface area contributed by atoms with E-state index in [1.165, 1.54) is 6.92 Å². The van der Waals surface area contributed by atoms with Gasteiger partial charge in [-0.15, -0.1) is 0 Å². The Kier molecular flexibility index (Phi) is 1.84. The van der Waals surface area contributed by atoms with Gasteiger partial charge in [-0.3, -0.25) is 0 Å². The number of carbonyl (C=O) groups excluding carboxylic acids is 2. The lowest BCUT2D eigenvalue weighted by Gasteiger charge is -2.42. The predicted molar refractivity (Wildman–Crippen MR) is 42.4 cm³/mol. The van der Waals surface area contributed by atoms with Crippen LogP contribution in [0.1, 0.15) is 26.2 Å². The number of fused-ring (bicyclic) bond motifs is 2. The number of carboxylic acids is 2. The first-order valence-electron chi connectivity index (χ1n) is 4.90. The van der Waals surface area contributed by atoms with E-state index in [4.69, 9.17) is 0 Å². The third-order valence-corrected chi connectivity index (χ3v) is 4.13. The van der Waals surface area contributed by atoms with E-state index in [0.29, 0.717) is 6.42 Å². The zero-order chi connectivity index (χ0) is 10.5. The second-order valence-electron chi connectivity index (χ2n) is 4.64. The Morgan fingerprint density at radius 1 is 1.29 bits per heavy atom. The van der Waals surface area contributed by atoms with Crippen molar-refractivity contribution in [2.75, 3.05) is 0 Å². The predicted octanol–water partition coefficient (Wildman–Crippen LogP) is -1.46. The highest BCUT2D eigenvalue weighted by atomic mass is 16.4. The quantitative estimate of drug-likeness (QED) is 0.540. The van der Waals surface area contributed by atoms with Crippen molar-refractivity contribution in [1.82, 2.24) is 0 Å². The molecule has 0 aliphatic heterocycles. The molecule has 2 rings (SSSR count). The van der Waals surface area contributed by atoms with E-state index >= 15 is 0 Å². The summed E-state index contributed by atoms with van der Waals surface area (Å²) in [5.74, 6) is -3.39. The van der Waals surface area contributed by atoms with E-state index in [1.54, 1.807) is 0 Å². The molecule has 4 atom stereocenters. The Balaban J connectivity index is 2.39. The van der Waals surface area contributed by atoms with Gasteiger partial charge in [-0.1, -0.05) is 6.92 Å². The van der Waals surface area contributed by atoms with Crippen LogP contribution in [0.15, 0.2) is 0 Å². The summed E-state index contributed by atoms with van der Waals surface area (Å²) in [4.78, 5) is 21.9. The Morgan fingerprint density at radius 2 is 1.93 bits per heavy atom. The van der Waals surface area contributed by atoms with Gasteiger partial charge in [0.1, 0.15) is 0 Å². The molecule has 0 spiro atoms. The topological polar surface area (TPSA) is 80.3 Å². The monoisotopic (exact) mass is 196 g/mol. The summed E-state index contributed by atoms with van der Waals surface area (Å²) in [5.41, 5.74) is -1.21. The normalized spacial score (nSPS) is 45.4. The SMILES string of the molecule is C[C@]1(C(=O)[O-])[C@@H]2CC[C@@H](C2)[C@H]1C(=O)[O-]. The molecular formula is C10H12O4-2. The van der Waals surface area contributed by atoms with Gasteiger partial charge < -0.3 is 19.8 Å². The lowest BCUT2D eigenvalue weighted by Crippen LogP contribution is -2.54. The minimum atomic E-state index is -1.24. The van der Waals surface area contributed by atoms with Crippen molar-refractivity contribution < 1.29 is 19.8 Å². The molecule has 0 saturated heterocycles. The number of hydrogen-bond acceptors (Lipinski definition) is 4. The van der Waals surface area contributed by atoms with Crippen LogP contribution in [-0.2, 0) is 9.59 Å². The smallest absolute Gasteiger partial charge is 0.0482 e. The summed E-state index contributed by atoms with van der Waals surface area (Å²) in [6.45, 7) is 1.49. The van der Waals surface area contributed by atoms with Crippen LogP contribution in [0.3, 0.4) is 0 Å². The molecule has 2 aliphatic rings. The molecule has 2 aliphatic carbocycles. The van der Waals surface area contributed by atoms with Gasteiger partial charge in [0, 0.05) is 23.3 Å². The number of aliphatic carboxylic acids is 2. The summed E-state index contributed by atoms with van der Waals surface area (Å²) in [7, 11) is 0. The molecule has 2 bridgehead atoms. The van der Waals surface area contributed by atoms with E-state index in [9.17, 15) is 19.8 Å². The van der Waals surface area contributed by atoms with Crippen LogP contribution >= 0.6 is 0 Å². The molecule has 2 fully saturated rings. The van der Waals surface area contributed by atoms with Gasteiger partial charge >= 0.3 is 0 Å². The Bertz CT molecular complexity index is 298. The zero-order valence-electron chi connectivity index (χ0n) is 7.99. The molecule has 78 valence electrons. The Labute approximate surface area is 81.9 Å². The van der Waals surface area contributed by atoms with Crippen LogP contribution in [-0.4, -0.2) is 11.9 Å². The van der Waals surface area contributed by atoms with Gasteiger partial charge in [0.05, 0.1) is 0 Å². The standard InChI is InChI=1S/C10H14O4/c1-10(9(13)14)6-3-2-5(4-6)7(10)8(11)12/h5-7H,2-4H2,1H3,(H,11,12)(H,13,14)/p-2/t5-,6+,7-,10-/m0/s1. The van der Waals surface area contributed by atoms with E-state index in [2.05, 4.69) is 0 Å². The number of rotatable bonds is 2. The summed E-state index contributed by atoms with van der Waals surface area (Å²) in [5, 5.41) is 21.9. The van der Waals surface area contributed by atoms with E-state index < -0.39 is 23.3 Å². The van der Waals surface area contributed by atoms with Gasteiger partial charge in [-0.05, 0) is 31.1 Å². The van der Waals surface area contributed by atoms with Crippen molar-refractivity contribution in [1.29, 1.82) is 0 Å². The van der Waals surface area contributed by atoms with Crippen molar-refractivity contribution in [3.05, 3.63) is 0 Å². The van der Waals surface area contributed by atoms with E-state index in [-0.39, 0.29) is 11.8 Å². The molecule has 4 nitrogen and oxygen atoms in total. The fraction of sp³-hybridized carbons (Fsp3) is 0.800. The first-order valence-corrected chi connectivity index (χ1v) is 4.90. The van der Waals surface area contributed by atoms with Gasteiger partial charge in [0.15, 0.2) is 0 Å². The fourth-order valence-corrected chi connectivity index (χ4v) is 3.34.